The van der Waals surface area contributed by atoms with Crippen molar-refractivity contribution >= 4 is 17.7 Å². The van der Waals surface area contributed by atoms with Crippen LogP contribution in [0.1, 0.15) is 6.92 Å². The molecule has 1 heterocycles. The first-order chi connectivity index (χ1) is 6.79. The number of allylic oxidation sites excluding steroid dienone is 1. The quantitative estimate of drug-likeness (QED) is 0.704. The van der Waals surface area contributed by atoms with Crippen molar-refractivity contribution in [2.75, 3.05) is 6.61 Å². The minimum Gasteiger partial charge on any atom is -0.463 e. The lowest BCUT2D eigenvalue weighted by Crippen LogP contribution is -2.55. The topological polar surface area (TPSA) is 64.3 Å². The standard InChI is InChI=1S/C7H9F3N2O2S/c1-2-14-5(13)7(11)12-4(3-15-7)6(8,9)10/h3,12H,2,11H2,1H3. The molecule has 0 bridgehead atoms. The number of carbonyl (C=O) groups excluding carboxylic acids is 1. The maximum atomic E-state index is 12.2. The van der Waals surface area contributed by atoms with Crippen molar-refractivity contribution < 1.29 is 22.7 Å². The summed E-state index contributed by atoms with van der Waals surface area (Å²) < 4.78 is 41.1. The van der Waals surface area contributed by atoms with Gasteiger partial charge in [-0.1, -0.05) is 11.8 Å². The van der Waals surface area contributed by atoms with Crippen molar-refractivity contribution in [3.05, 3.63) is 11.1 Å². The van der Waals surface area contributed by atoms with Gasteiger partial charge in [0.25, 0.3) is 0 Å². The van der Waals surface area contributed by atoms with E-state index in [-0.39, 0.29) is 6.61 Å². The number of nitrogens with one attached hydrogen (secondary N) is 1. The Balaban J connectivity index is 2.70. The number of rotatable bonds is 2. The summed E-state index contributed by atoms with van der Waals surface area (Å²) >= 11 is 0.538. The Bertz CT molecular complexity index is 305. The zero-order valence-corrected chi connectivity index (χ0v) is 8.54. The second-order valence-electron chi connectivity index (χ2n) is 2.73. The fourth-order valence-electron chi connectivity index (χ4n) is 0.886. The zero-order valence-electron chi connectivity index (χ0n) is 7.72. The summed E-state index contributed by atoms with van der Waals surface area (Å²) in [5.74, 6) is -0.925. The molecule has 1 atom stereocenters. The summed E-state index contributed by atoms with van der Waals surface area (Å²) in [5.41, 5.74) is 4.36. The third-order valence-electron chi connectivity index (χ3n) is 1.57. The van der Waals surface area contributed by atoms with Crippen LogP contribution in [0, 0.1) is 0 Å². The van der Waals surface area contributed by atoms with Crippen molar-refractivity contribution in [1.82, 2.24) is 5.32 Å². The van der Waals surface area contributed by atoms with Crippen LogP contribution in [0.15, 0.2) is 11.1 Å². The van der Waals surface area contributed by atoms with Crippen molar-refractivity contribution in [2.24, 2.45) is 5.73 Å². The van der Waals surface area contributed by atoms with E-state index in [4.69, 9.17) is 5.73 Å². The van der Waals surface area contributed by atoms with Gasteiger partial charge in [-0.2, -0.15) is 13.2 Å². The number of nitrogens with two attached hydrogens (primary N) is 1. The normalized spacial score (nSPS) is 25.8. The molecule has 86 valence electrons. The molecule has 1 aliphatic rings. The Morgan fingerprint density at radius 3 is 2.73 bits per heavy atom. The van der Waals surface area contributed by atoms with Crippen LogP contribution >= 0.6 is 11.8 Å². The first kappa shape index (κ1) is 12.2. The lowest BCUT2D eigenvalue weighted by Gasteiger charge is -2.22. The highest BCUT2D eigenvalue weighted by Gasteiger charge is 2.48. The van der Waals surface area contributed by atoms with E-state index in [1.165, 1.54) is 0 Å². The van der Waals surface area contributed by atoms with Gasteiger partial charge in [-0.05, 0) is 6.92 Å². The van der Waals surface area contributed by atoms with Crippen LogP contribution in [-0.4, -0.2) is 23.7 Å². The van der Waals surface area contributed by atoms with Crippen LogP contribution < -0.4 is 11.1 Å². The van der Waals surface area contributed by atoms with Gasteiger partial charge in [-0.25, -0.2) is 4.79 Å². The maximum absolute atomic E-state index is 12.2. The molecule has 15 heavy (non-hydrogen) atoms. The lowest BCUT2D eigenvalue weighted by atomic mass is 10.4. The first-order valence-electron chi connectivity index (χ1n) is 3.99. The van der Waals surface area contributed by atoms with Crippen LogP contribution in [-0.2, 0) is 9.53 Å². The highest BCUT2D eigenvalue weighted by molar-refractivity contribution is 8.04. The van der Waals surface area contributed by atoms with Crippen molar-refractivity contribution in [1.29, 1.82) is 0 Å². The summed E-state index contributed by atoms with van der Waals surface area (Å²) in [7, 11) is 0. The number of esters is 1. The molecular weight excluding hydrogens is 233 g/mol. The highest BCUT2D eigenvalue weighted by Crippen LogP contribution is 2.36. The molecule has 3 N–H and O–H groups in total. The third kappa shape index (κ3) is 2.57. The molecule has 0 spiro atoms. The van der Waals surface area contributed by atoms with E-state index < -0.39 is 22.8 Å². The molecule has 1 unspecified atom stereocenters. The van der Waals surface area contributed by atoms with Gasteiger partial charge in [0, 0.05) is 5.41 Å². The van der Waals surface area contributed by atoms with Gasteiger partial charge >= 0.3 is 12.1 Å². The van der Waals surface area contributed by atoms with Crippen LogP contribution in [0.2, 0.25) is 0 Å². The summed E-state index contributed by atoms with van der Waals surface area (Å²) in [6.07, 6.45) is -4.54. The summed E-state index contributed by atoms with van der Waals surface area (Å²) in [5, 5.41) is 2.66. The minimum atomic E-state index is -4.54. The molecule has 0 aromatic rings. The Morgan fingerprint density at radius 1 is 1.73 bits per heavy atom. The molecule has 0 fully saturated rings. The number of halogens is 3. The largest absolute Gasteiger partial charge is 0.463 e. The minimum absolute atomic E-state index is 0.0569. The van der Waals surface area contributed by atoms with Crippen molar-refractivity contribution in [2.45, 2.75) is 18.1 Å². The van der Waals surface area contributed by atoms with Gasteiger partial charge in [0.05, 0.1) is 6.61 Å². The van der Waals surface area contributed by atoms with Crippen LogP contribution in [0.3, 0.4) is 0 Å². The molecule has 1 rings (SSSR count). The molecule has 0 saturated carbocycles. The van der Waals surface area contributed by atoms with Gasteiger partial charge in [0.1, 0.15) is 5.70 Å². The van der Waals surface area contributed by atoms with E-state index in [2.05, 4.69) is 4.74 Å². The van der Waals surface area contributed by atoms with E-state index in [0.29, 0.717) is 11.8 Å². The van der Waals surface area contributed by atoms with Gasteiger partial charge in [-0.15, -0.1) is 0 Å². The van der Waals surface area contributed by atoms with Crippen molar-refractivity contribution in [3.63, 3.8) is 0 Å². The number of alkyl halides is 3. The third-order valence-corrected chi connectivity index (χ3v) is 2.56. The fourth-order valence-corrected chi connectivity index (χ4v) is 1.71. The average molecular weight is 242 g/mol. The SMILES string of the molecule is CCOC(=O)C1(N)NC(C(F)(F)F)=CS1. The predicted molar refractivity (Wildman–Crippen MR) is 48.4 cm³/mol. The molecule has 0 aromatic heterocycles. The molecule has 1 aliphatic heterocycles. The van der Waals surface area contributed by atoms with Gasteiger partial charge in [0.2, 0.25) is 4.99 Å². The zero-order chi connectivity index (χ0) is 11.7. The number of hydrogen-bond acceptors (Lipinski definition) is 5. The average Bonchev–Trinajstić information content (AvgIpc) is 2.49. The number of ether oxygens (including phenoxy) is 1. The first-order valence-corrected chi connectivity index (χ1v) is 4.87. The summed E-state index contributed by atoms with van der Waals surface area (Å²) in [6.45, 7) is 1.60. The molecule has 0 aliphatic carbocycles. The Hall–Kier alpha value is -0.890. The van der Waals surface area contributed by atoms with Crippen LogP contribution in [0.4, 0.5) is 13.2 Å². The Kier molecular flexibility index (Phi) is 3.19. The molecule has 4 nitrogen and oxygen atoms in total. The number of carbonyl (C=O) groups is 1. The molecule has 0 aromatic carbocycles. The smallest absolute Gasteiger partial charge is 0.431 e. The van der Waals surface area contributed by atoms with E-state index in [1.54, 1.807) is 6.92 Å². The monoisotopic (exact) mass is 242 g/mol. The summed E-state index contributed by atoms with van der Waals surface area (Å²) in [6, 6.07) is 0. The molecule has 0 amide bonds. The lowest BCUT2D eigenvalue weighted by molar-refractivity contribution is -0.147. The molecular formula is C7H9F3N2O2S. The second-order valence-corrected chi connectivity index (χ2v) is 3.84. The maximum Gasteiger partial charge on any atom is 0.431 e. The van der Waals surface area contributed by atoms with E-state index in [0.717, 1.165) is 5.41 Å². The summed E-state index contributed by atoms with van der Waals surface area (Å²) in [4.78, 5) is 9.33. The van der Waals surface area contributed by atoms with Gasteiger partial charge < -0.3 is 10.1 Å². The van der Waals surface area contributed by atoms with Gasteiger partial charge in [0.15, 0.2) is 0 Å². The van der Waals surface area contributed by atoms with E-state index in [9.17, 15) is 18.0 Å². The molecule has 8 heteroatoms. The fraction of sp³-hybridized carbons (Fsp3) is 0.571. The van der Waals surface area contributed by atoms with Crippen LogP contribution in [0.25, 0.3) is 0 Å². The van der Waals surface area contributed by atoms with Crippen LogP contribution in [0.5, 0.6) is 0 Å². The van der Waals surface area contributed by atoms with Crippen molar-refractivity contribution in [3.8, 4) is 0 Å². The van der Waals surface area contributed by atoms with Gasteiger partial charge in [-0.3, -0.25) is 5.73 Å². The van der Waals surface area contributed by atoms with E-state index in [1.807, 2.05) is 5.32 Å². The number of thioether (sulfide) groups is 1. The number of hydrogen-bond donors (Lipinski definition) is 2. The predicted octanol–water partition coefficient (Wildman–Crippen LogP) is 0.902. The highest BCUT2D eigenvalue weighted by atomic mass is 32.2. The molecule has 0 saturated heterocycles. The Morgan fingerprint density at radius 2 is 2.33 bits per heavy atom. The molecule has 0 radical (unpaired) electrons. The second kappa shape index (κ2) is 3.93. The Labute approximate surface area is 88.0 Å². The van der Waals surface area contributed by atoms with E-state index >= 15 is 0 Å².